The van der Waals surface area contributed by atoms with Crippen LogP contribution >= 0.6 is 0 Å². The van der Waals surface area contributed by atoms with Crippen LogP contribution in [0.5, 0.6) is 5.75 Å². The highest BCUT2D eigenvalue weighted by Crippen LogP contribution is 2.37. The van der Waals surface area contributed by atoms with Crippen LogP contribution in [-0.2, 0) is 10.0 Å². The van der Waals surface area contributed by atoms with Crippen LogP contribution in [0.25, 0.3) is 0 Å². The normalized spacial score (nSPS) is 25.7. The van der Waals surface area contributed by atoms with Gasteiger partial charge in [0.1, 0.15) is 10.6 Å². The largest absolute Gasteiger partial charge is 0.495 e. The van der Waals surface area contributed by atoms with Gasteiger partial charge in [0.25, 0.3) is 5.91 Å². The molecule has 2 atom stereocenters. The summed E-state index contributed by atoms with van der Waals surface area (Å²) in [4.78, 5) is 15.0. The van der Waals surface area contributed by atoms with Crippen LogP contribution in [-0.4, -0.2) is 45.5 Å². The van der Waals surface area contributed by atoms with Crippen LogP contribution in [0.4, 0.5) is 0 Å². The molecule has 1 aromatic rings. The Kier molecular flexibility index (Phi) is 5.16. The molecule has 3 aliphatic rings. The fourth-order valence-corrected chi connectivity index (χ4v) is 5.97. The molecule has 1 saturated heterocycles. The lowest BCUT2D eigenvalue weighted by molar-refractivity contribution is 0.0520. The molecule has 0 unspecified atom stereocenters. The molecule has 6 nitrogen and oxygen atoms in total. The van der Waals surface area contributed by atoms with E-state index in [1.807, 2.05) is 4.90 Å². The molecule has 1 heterocycles. The number of fused-ring (bicyclic) bond motifs is 1. The molecular weight excluding hydrogens is 364 g/mol. The van der Waals surface area contributed by atoms with Crippen molar-refractivity contribution in [3.05, 3.63) is 23.8 Å². The molecule has 0 spiro atoms. The van der Waals surface area contributed by atoms with Crippen molar-refractivity contribution in [2.45, 2.75) is 55.9 Å². The average molecular weight is 393 g/mol. The summed E-state index contributed by atoms with van der Waals surface area (Å²) < 4.78 is 33.3. The van der Waals surface area contributed by atoms with E-state index in [1.54, 1.807) is 12.1 Å². The number of hydrogen-bond acceptors (Lipinski definition) is 4. The van der Waals surface area contributed by atoms with Gasteiger partial charge in [-0.2, -0.15) is 0 Å². The average Bonchev–Trinajstić information content (AvgIpc) is 3.49. The van der Waals surface area contributed by atoms with Gasteiger partial charge >= 0.3 is 0 Å². The molecule has 3 fully saturated rings. The number of ether oxygens (including phenoxy) is 1. The van der Waals surface area contributed by atoms with Crippen LogP contribution in [0.15, 0.2) is 23.1 Å². The van der Waals surface area contributed by atoms with Crippen LogP contribution in [0.3, 0.4) is 0 Å². The number of piperidine rings is 1. The van der Waals surface area contributed by atoms with E-state index >= 15 is 0 Å². The van der Waals surface area contributed by atoms with E-state index < -0.39 is 10.0 Å². The van der Waals surface area contributed by atoms with Gasteiger partial charge < -0.3 is 9.64 Å². The summed E-state index contributed by atoms with van der Waals surface area (Å²) in [6, 6.07) is 4.73. The Bertz CT molecular complexity index is 819. The number of methoxy groups -OCH3 is 1. The molecule has 2 saturated carbocycles. The molecule has 1 amide bonds. The molecule has 1 aliphatic heterocycles. The first-order valence-electron chi connectivity index (χ1n) is 9.97. The lowest BCUT2D eigenvalue weighted by Crippen LogP contribution is -2.44. The Hall–Kier alpha value is -1.60. The van der Waals surface area contributed by atoms with Crippen molar-refractivity contribution < 1.29 is 17.9 Å². The van der Waals surface area contributed by atoms with Gasteiger partial charge in [-0.25, -0.2) is 13.1 Å². The van der Waals surface area contributed by atoms with Gasteiger partial charge in [0.05, 0.1) is 7.11 Å². The van der Waals surface area contributed by atoms with Crippen molar-refractivity contribution in [3.8, 4) is 5.75 Å². The van der Waals surface area contributed by atoms with E-state index in [-0.39, 0.29) is 22.6 Å². The zero-order valence-corrected chi connectivity index (χ0v) is 16.6. The van der Waals surface area contributed by atoms with Crippen LogP contribution < -0.4 is 9.46 Å². The summed E-state index contributed by atoms with van der Waals surface area (Å²) in [5.74, 6) is 1.53. The highest BCUT2D eigenvalue weighted by atomic mass is 32.2. The summed E-state index contributed by atoms with van der Waals surface area (Å²) in [6.45, 7) is 1.55. The van der Waals surface area contributed by atoms with E-state index in [1.165, 1.54) is 38.9 Å². The van der Waals surface area contributed by atoms with Gasteiger partial charge in [0, 0.05) is 24.7 Å². The molecule has 1 aromatic carbocycles. The topological polar surface area (TPSA) is 75.7 Å². The number of carbonyl (C=O) groups excluding carboxylic acids is 1. The van der Waals surface area contributed by atoms with Crippen molar-refractivity contribution in [2.24, 2.45) is 11.8 Å². The zero-order chi connectivity index (χ0) is 19.0. The monoisotopic (exact) mass is 392 g/mol. The molecule has 0 aromatic heterocycles. The van der Waals surface area contributed by atoms with Crippen molar-refractivity contribution in [1.29, 1.82) is 0 Å². The van der Waals surface area contributed by atoms with E-state index in [9.17, 15) is 13.2 Å². The lowest BCUT2D eigenvalue weighted by Gasteiger charge is -2.41. The van der Waals surface area contributed by atoms with Gasteiger partial charge in [-0.05, 0) is 55.7 Å². The third-order valence-electron chi connectivity index (χ3n) is 6.18. The molecule has 0 bridgehead atoms. The first-order valence-corrected chi connectivity index (χ1v) is 11.5. The Morgan fingerprint density at radius 2 is 1.85 bits per heavy atom. The standard InChI is InChI=1S/C20H28N2O4S/c1-26-18-9-6-15(12-19(18)27(24,25)21-17-7-8-17)20(23)22-11-10-14-4-2-3-5-16(14)13-22/h6,9,12,14,16-17,21H,2-5,7-8,10-11,13H2,1H3/t14-,16+/m1/s1. The maximum absolute atomic E-state index is 13.1. The van der Waals surface area contributed by atoms with E-state index in [4.69, 9.17) is 4.74 Å². The molecule has 4 rings (SSSR count). The van der Waals surface area contributed by atoms with Gasteiger partial charge in [-0.3, -0.25) is 4.79 Å². The second kappa shape index (κ2) is 7.43. The smallest absolute Gasteiger partial charge is 0.253 e. The van der Waals surface area contributed by atoms with Crippen LogP contribution in [0.2, 0.25) is 0 Å². The van der Waals surface area contributed by atoms with Gasteiger partial charge in [-0.15, -0.1) is 0 Å². The highest BCUT2D eigenvalue weighted by molar-refractivity contribution is 7.89. The Morgan fingerprint density at radius 1 is 1.11 bits per heavy atom. The number of sulfonamides is 1. The number of rotatable bonds is 5. The first kappa shape index (κ1) is 18.7. The minimum absolute atomic E-state index is 0.00407. The molecule has 0 radical (unpaired) electrons. The summed E-state index contributed by atoms with van der Waals surface area (Å²) in [6.07, 6.45) is 7.81. The predicted octanol–water partition coefficient (Wildman–Crippen LogP) is 2.79. The summed E-state index contributed by atoms with van der Waals surface area (Å²) >= 11 is 0. The van der Waals surface area contributed by atoms with Crippen molar-refractivity contribution in [3.63, 3.8) is 0 Å². The lowest BCUT2D eigenvalue weighted by atomic mass is 9.75. The Morgan fingerprint density at radius 3 is 2.56 bits per heavy atom. The van der Waals surface area contributed by atoms with E-state index in [0.29, 0.717) is 11.5 Å². The van der Waals surface area contributed by atoms with Crippen molar-refractivity contribution in [2.75, 3.05) is 20.2 Å². The predicted molar refractivity (Wildman–Crippen MR) is 102 cm³/mol. The van der Waals surface area contributed by atoms with Gasteiger partial charge in [0.15, 0.2) is 0 Å². The highest BCUT2D eigenvalue weighted by Gasteiger charge is 2.34. The number of nitrogens with one attached hydrogen (secondary N) is 1. The summed E-state index contributed by atoms with van der Waals surface area (Å²) in [5.41, 5.74) is 0.418. The fraction of sp³-hybridized carbons (Fsp3) is 0.650. The van der Waals surface area contributed by atoms with Crippen LogP contribution in [0, 0.1) is 11.8 Å². The molecule has 2 aliphatic carbocycles. The van der Waals surface area contributed by atoms with Gasteiger partial charge in [0.2, 0.25) is 10.0 Å². The van der Waals surface area contributed by atoms with Crippen LogP contribution in [0.1, 0.15) is 55.3 Å². The van der Waals surface area contributed by atoms with E-state index in [0.717, 1.165) is 38.3 Å². The van der Waals surface area contributed by atoms with Gasteiger partial charge in [-0.1, -0.05) is 19.3 Å². The zero-order valence-electron chi connectivity index (χ0n) is 15.8. The number of benzene rings is 1. The second-order valence-corrected chi connectivity index (χ2v) is 9.79. The minimum atomic E-state index is -3.69. The SMILES string of the molecule is COc1ccc(C(=O)N2CC[C@H]3CCCC[C@H]3C2)cc1S(=O)(=O)NC1CC1. The number of likely N-dealkylation sites (tertiary alicyclic amines) is 1. The molecule has 148 valence electrons. The van der Waals surface area contributed by atoms with E-state index in [2.05, 4.69) is 4.72 Å². The number of hydrogen-bond donors (Lipinski definition) is 1. The van der Waals surface area contributed by atoms with Crippen molar-refractivity contribution in [1.82, 2.24) is 9.62 Å². The summed E-state index contributed by atoms with van der Waals surface area (Å²) in [7, 11) is -2.25. The maximum atomic E-state index is 13.1. The van der Waals surface area contributed by atoms with Crippen molar-refractivity contribution >= 4 is 15.9 Å². The molecule has 7 heteroatoms. The number of carbonyl (C=O) groups is 1. The third kappa shape index (κ3) is 3.99. The molecule has 27 heavy (non-hydrogen) atoms. The Labute approximate surface area is 161 Å². The fourth-order valence-electron chi connectivity index (χ4n) is 4.47. The number of nitrogens with zero attached hydrogens (tertiary/aromatic N) is 1. The molecule has 1 N–H and O–H groups in total. The summed E-state index contributed by atoms with van der Waals surface area (Å²) in [5, 5.41) is 0. The third-order valence-corrected chi connectivity index (χ3v) is 7.72. The Balaban J connectivity index is 1.56. The molecular formula is C20H28N2O4S. The first-order chi connectivity index (χ1) is 13.0. The number of amides is 1. The maximum Gasteiger partial charge on any atom is 0.253 e. The quantitative estimate of drug-likeness (QED) is 0.836. The minimum Gasteiger partial charge on any atom is -0.495 e. The second-order valence-electron chi connectivity index (χ2n) is 8.11.